The minimum atomic E-state index is -4.92. The normalized spacial score (nSPS) is 10.5. The third-order valence-corrected chi connectivity index (χ3v) is 2.87. The Morgan fingerprint density at radius 1 is 1.26 bits per heavy atom. The smallest absolute Gasteiger partial charge is 0.429 e. The maximum absolute atomic E-state index is 8.63. The fourth-order valence-corrected chi connectivity index (χ4v) is 1.91. The van der Waals surface area contributed by atoms with E-state index in [-0.39, 0.29) is 0 Å². The van der Waals surface area contributed by atoms with E-state index in [2.05, 4.69) is 0 Å². The lowest BCUT2D eigenvalue weighted by Crippen LogP contribution is -2.16. The van der Waals surface area contributed by atoms with Gasteiger partial charge in [0.15, 0.2) is 5.76 Å². The molecule has 0 saturated heterocycles. The molecule has 2 rings (SSSR count). The first-order valence-electron chi connectivity index (χ1n) is 5.10. The fourth-order valence-electron chi connectivity index (χ4n) is 1.17. The van der Waals surface area contributed by atoms with Crippen molar-refractivity contribution in [1.82, 2.24) is 4.58 Å². The Morgan fingerprint density at radius 2 is 1.79 bits per heavy atom. The average molecular weight is 303 g/mol. The van der Waals surface area contributed by atoms with E-state index in [4.69, 9.17) is 21.9 Å². The molecule has 0 aliphatic rings. The minimum Gasteiger partial charge on any atom is -0.726 e. The van der Waals surface area contributed by atoms with Crippen LogP contribution in [0.5, 0.6) is 0 Å². The van der Waals surface area contributed by atoms with Crippen LogP contribution in [0, 0.1) is 0 Å². The Morgan fingerprint density at radius 3 is 2.21 bits per heavy atom. The van der Waals surface area contributed by atoms with Crippen LogP contribution in [0.2, 0.25) is 0 Å². The van der Waals surface area contributed by atoms with Crippen LogP contribution in [0.4, 0.5) is 0 Å². The van der Waals surface area contributed by atoms with Gasteiger partial charge in [-0.2, -0.15) is 4.58 Å². The highest BCUT2D eigenvalue weighted by atomic mass is 32.3. The number of nitrogens with zero attached hydrogens (tertiary/aromatic N) is 1. The summed E-state index contributed by atoms with van der Waals surface area (Å²) < 4.78 is 40.5. The van der Waals surface area contributed by atoms with Gasteiger partial charge in [-0.15, -0.1) is 0 Å². The molecular weight excluding hydrogens is 290 g/mol. The molecule has 0 saturated carbocycles. The van der Waals surface area contributed by atoms with Crippen molar-refractivity contribution >= 4 is 21.7 Å². The van der Waals surface area contributed by atoms with Crippen LogP contribution in [-0.4, -0.2) is 31.6 Å². The van der Waals surface area contributed by atoms with Crippen molar-refractivity contribution in [3.63, 3.8) is 0 Å². The zero-order valence-corrected chi connectivity index (χ0v) is 11.9. The molecule has 104 valence electrons. The number of rotatable bonds is 1. The van der Waals surface area contributed by atoms with Crippen molar-refractivity contribution < 1.29 is 21.9 Å². The summed E-state index contributed by atoms with van der Waals surface area (Å²) in [6.45, 7) is 0. The van der Waals surface area contributed by atoms with Gasteiger partial charge in [-0.05, 0) is 11.3 Å². The van der Waals surface area contributed by atoms with E-state index < -0.39 is 10.4 Å². The fraction of sp³-hybridized carbons (Fsp3) is 0.182. The molecule has 1 aromatic heterocycles. The summed E-state index contributed by atoms with van der Waals surface area (Å²) in [5.74, 6) is 0.930. The maximum Gasteiger partial charge on any atom is 0.429 e. The number of benzene rings is 1. The van der Waals surface area contributed by atoms with Crippen LogP contribution in [0.3, 0.4) is 0 Å². The molecule has 0 radical (unpaired) electrons. The molecule has 6 nitrogen and oxygen atoms in total. The van der Waals surface area contributed by atoms with Crippen LogP contribution in [0.15, 0.2) is 40.1 Å². The highest BCUT2D eigenvalue weighted by Crippen LogP contribution is 2.18. The molecule has 0 spiro atoms. The molecule has 0 fully saturated rings. The molecule has 2 aromatic rings. The molecule has 1 N–H and O–H groups in total. The van der Waals surface area contributed by atoms with Gasteiger partial charge in [-0.25, -0.2) is 8.42 Å². The molecular formula is C11H13NO5S2. The van der Waals surface area contributed by atoms with Gasteiger partial charge in [-0.3, -0.25) is 4.55 Å². The summed E-state index contributed by atoms with van der Waals surface area (Å²) in [7, 11) is -0.964. The lowest BCUT2D eigenvalue weighted by Gasteiger charge is -1.91. The van der Waals surface area contributed by atoms with Crippen LogP contribution in [-0.2, 0) is 10.4 Å². The Balaban J connectivity index is 0.000000312. The van der Waals surface area contributed by atoms with Crippen molar-refractivity contribution in [3.8, 4) is 11.3 Å². The van der Waals surface area contributed by atoms with Crippen LogP contribution < -0.4 is 9.44 Å². The molecule has 8 heteroatoms. The molecule has 0 atom stereocenters. The molecule has 0 aliphatic carbocycles. The largest absolute Gasteiger partial charge is 0.726 e. The Labute approximate surface area is 114 Å². The van der Waals surface area contributed by atoms with Crippen molar-refractivity contribution in [1.29, 1.82) is 0 Å². The summed E-state index contributed by atoms with van der Waals surface area (Å²) in [4.78, 5) is 0.920. The predicted octanol–water partition coefficient (Wildman–Crippen LogP) is 1.04. The van der Waals surface area contributed by atoms with Gasteiger partial charge in [0, 0.05) is 10.9 Å². The highest BCUT2D eigenvalue weighted by molar-refractivity contribution is 7.79. The standard InChI is InChI=1S/C11H12NOS.H2O4S/c1-12(2)11-13-10(8-14-11)9-6-4-3-5-7-9;1-5(2,3)4/h3-8H,1-2H3;(H2,1,2,3,4)/q+1;/p-1. The first-order chi connectivity index (χ1) is 8.77. The average Bonchev–Trinajstić information content (AvgIpc) is 2.77. The van der Waals surface area contributed by atoms with Crippen LogP contribution in [0.25, 0.3) is 11.3 Å². The Hall–Kier alpha value is -1.48. The van der Waals surface area contributed by atoms with E-state index in [1.807, 2.05) is 54.4 Å². The topological polar surface area (TPSA) is 93.6 Å². The summed E-state index contributed by atoms with van der Waals surface area (Å²) in [6, 6.07) is 10.1. The van der Waals surface area contributed by atoms with Crippen molar-refractivity contribution in [2.24, 2.45) is 0 Å². The molecule has 0 bridgehead atoms. The second-order valence-corrected chi connectivity index (χ2v) is 5.33. The quantitative estimate of drug-likeness (QED) is 0.483. The molecule has 0 unspecified atom stereocenters. The van der Waals surface area contributed by atoms with E-state index in [0.29, 0.717) is 0 Å². The van der Waals surface area contributed by atoms with Crippen LogP contribution >= 0.6 is 11.3 Å². The van der Waals surface area contributed by atoms with E-state index >= 15 is 0 Å². The molecule has 19 heavy (non-hydrogen) atoms. The van der Waals surface area contributed by atoms with Gasteiger partial charge >= 0.3 is 4.87 Å². The lowest BCUT2D eigenvalue weighted by atomic mass is 10.2. The second kappa shape index (κ2) is 6.62. The zero-order chi connectivity index (χ0) is 14.5. The minimum absolute atomic E-state index is 0.920. The van der Waals surface area contributed by atoms with E-state index in [9.17, 15) is 0 Å². The number of hydrogen-bond donors (Lipinski definition) is 1. The maximum atomic E-state index is 8.63. The predicted molar refractivity (Wildman–Crippen MR) is 71.5 cm³/mol. The third kappa shape index (κ3) is 6.30. The molecule has 0 aliphatic heterocycles. The first kappa shape index (κ1) is 15.6. The molecule has 0 amide bonds. The van der Waals surface area contributed by atoms with E-state index in [1.54, 1.807) is 11.3 Å². The van der Waals surface area contributed by atoms with Gasteiger partial charge in [0.2, 0.25) is 10.4 Å². The van der Waals surface area contributed by atoms with Gasteiger partial charge < -0.3 is 8.97 Å². The number of hydrogen-bond acceptors (Lipinski definition) is 5. The van der Waals surface area contributed by atoms with Gasteiger partial charge in [0.05, 0.1) is 0 Å². The Kier molecular flexibility index (Phi) is 5.43. The third-order valence-electron chi connectivity index (χ3n) is 1.89. The zero-order valence-electron chi connectivity index (χ0n) is 10.3. The molecule has 1 heterocycles. The lowest BCUT2D eigenvalue weighted by molar-refractivity contribution is 0.366. The summed E-state index contributed by atoms with van der Waals surface area (Å²) in [5.41, 5.74) is 1.12. The highest BCUT2D eigenvalue weighted by Gasteiger charge is 2.04. The first-order valence-corrected chi connectivity index (χ1v) is 7.34. The summed E-state index contributed by atoms with van der Waals surface area (Å²) in [6.07, 6.45) is 0. The van der Waals surface area contributed by atoms with Crippen molar-refractivity contribution in [3.05, 3.63) is 40.6 Å². The summed E-state index contributed by atoms with van der Waals surface area (Å²) >= 11 is 1.61. The van der Waals surface area contributed by atoms with Crippen molar-refractivity contribution in [2.45, 2.75) is 0 Å². The van der Waals surface area contributed by atoms with E-state index in [1.165, 1.54) is 0 Å². The monoisotopic (exact) mass is 303 g/mol. The SMILES string of the molecule is C[N+](C)=c1oc(-c2ccccc2)cs1.O=S(=O)([O-])O. The van der Waals surface area contributed by atoms with E-state index in [0.717, 1.165) is 16.2 Å². The van der Waals surface area contributed by atoms with Crippen molar-refractivity contribution in [2.75, 3.05) is 14.1 Å². The molecule has 1 aromatic carbocycles. The van der Waals surface area contributed by atoms with Gasteiger partial charge in [0.25, 0.3) is 0 Å². The summed E-state index contributed by atoms with van der Waals surface area (Å²) in [5, 5.41) is 2.03. The van der Waals surface area contributed by atoms with Gasteiger partial charge in [-0.1, -0.05) is 30.3 Å². The van der Waals surface area contributed by atoms with Crippen LogP contribution in [0.1, 0.15) is 0 Å². The van der Waals surface area contributed by atoms with Gasteiger partial charge in [0.1, 0.15) is 14.1 Å². The second-order valence-electron chi connectivity index (χ2n) is 3.66. The Bertz CT molecular complexity index is 673.